The lowest BCUT2D eigenvalue weighted by atomic mass is 9.98. The monoisotopic (exact) mass is 434 g/mol. The van der Waals surface area contributed by atoms with Crippen LogP contribution in [0.3, 0.4) is 0 Å². The third-order valence-electron chi connectivity index (χ3n) is 4.84. The number of carbonyl (C=O) groups excluding carboxylic acids is 2. The zero-order valence-corrected chi connectivity index (χ0v) is 17.5. The summed E-state index contributed by atoms with van der Waals surface area (Å²) in [7, 11) is 1.59. The molecule has 1 aliphatic heterocycles. The highest BCUT2D eigenvalue weighted by Crippen LogP contribution is 2.31. The summed E-state index contributed by atoms with van der Waals surface area (Å²) in [5.41, 5.74) is 0.847. The van der Waals surface area contributed by atoms with Crippen molar-refractivity contribution in [1.29, 1.82) is 0 Å². The molecule has 0 radical (unpaired) electrons. The fourth-order valence-corrected chi connectivity index (χ4v) is 3.24. The molecule has 0 aliphatic carbocycles. The minimum absolute atomic E-state index is 0.0391. The minimum Gasteiger partial charge on any atom is -0.497 e. The van der Waals surface area contributed by atoms with E-state index in [1.54, 1.807) is 73.8 Å². The van der Waals surface area contributed by atoms with Crippen LogP contribution in [0.25, 0.3) is 0 Å². The Bertz CT molecular complexity index is 1110. The Labute approximate surface area is 185 Å². The van der Waals surface area contributed by atoms with Gasteiger partial charge in [-0.3, -0.25) is 4.79 Å². The Kier molecular flexibility index (Phi) is 6.55. The molecule has 0 N–H and O–H groups in total. The highest BCUT2D eigenvalue weighted by molar-refractivity contribution is 6.14. The molecule has 0 amide bonds. The largest absolute Gasteiger partial charge is 0.497 e. The van der Waals surface area contributed by atoms with E-state index in [9.17, 15) is 9.59 Å². The van der Waals surface area contributed by atoms with Crippen molar-refractivity contribution in [3.8, 4) is 23.0 Å². The van der Waals surface area contributed by atoms with Crippen molar-refractivity contribution in [2.75, 3.05) is 33.5 Å². The van der Waals surface area contributed by atoms with Gasteiger partial charge in [0.15, 0.2) is 17.3 Å². The molecule has 0 spiro atoms. The predicted molar refractivity (Wildman–Crippen MR) is 116 cm³/mol. The summed E-state index contributed by atoms with van der Waals surface area (Å²) in [6.45, 7) is 1.11. The maximum absolute atomic E-state index is 13.1. The summed E-state index contributed by atoms with van der Waals surface area (Å²) in [5.74, 6) is 1.57. The molecule has 0 fully saturated rings. The summed E-state index contributed by atoms with van der Waals surface area (Å²) in [6.07, 6.45) is 0. The fourth-order valence-electron chi connectivity index (χ4n) is 3.24. The van der Waals surface area contributed by atoms with E-state index in [4.69, 9.17) is 23.7 Å². The number of ketones is 1. The van der Waals surface area contributed by atoms with E-state index >= 15 is 0 Å². The van der Waals surface area contributed by atoms with Gasteiger partial charge in [-0.1, -0.05) is 18.2 Å². The SMILES string of the molecule is COc1ccc(OCCOC(=O)c2ccccc2C(=O)c2ccc3c(c2)OCCO3)cc1. The standard InChI is InChI=1S/C25H22O7/c1-28-18-7-9-19(10-8-18)29-12-15-32-25(27)21-5-3-2-4-20(21)24(26)17-6-11-22-23(16-17)31-14-13-30-22/h2-11,16H,12-15H2,1H3. The molecule has 0 bridgehead atoms. The van der Waals surface area contributed by atoms with Crippen molar-refractivity contribution in [2.45, 2.75) is 0 Å². The molecule has 3 aromatic rings. The van der Waals surface area contributed by atoms with E-state index in [1.165, 1.54) is 0 Å². The first-order chi connectivity index (χ1) is 15.7. The van der Waals surface area contributed by atoms with E-state index in [1.807, 2.05) is 0 Å². The van der Waals surface area contributed by atoms with Crippen molar-refractivity contribution in [2.24, 2.45) is 0 Å². The van der Waals surface area contributed by atoms with Crippen molar-refractivity contribution in [3.05, 3.63) is 83.4 Å². The van der Waals surface area contributed by atoms with E-state index in [0.717, 1.165) is 5.75 Å². The second-order valence-corrected chi connectivity index (χ2v) is 6.89. The van der Waals surface area contributed by atoms with Gasteiger partial charge in [-0.25, -0.2) is 4.79 Å². The average Bonchev–Trinajstić information content (AvgIpc) is 2.86. The highest BCUT2D eigenvalue weighted by Gasteiger charge is 2.21. The van der Waals surface area contributed by atoms with Gasteiger partial charge in [0.05, 0.1) is 12.7 Å². The van der Waals surface area contributed by atoms with Crippen LogP contribution >= 0.6 is 0 Å². The average molecular weight is 434 g/mol. The molecule has 0 aromatic heterocycles. The number of hydrogen-bond donors (Lipinski definition) is 0. The second kappa shape index (κ2) is 9.87. The first-order valence-electron chi connectivity index (χ1n) is 10.1. The zero-order chi connectivity index (χ0) is 22.3. The van der Waals surface area contributed by atoms with Gasteiger partial charge in [0, 0.05) is 11.1 Å². The van der Waals surface area contributed by atoms with Crippen molar-refractivity contribution >= 4 is 11.8 Å². The molecule has 4 rings (SSSR count). The molecular weight excluding hydrogens is 412 g/mol. The van der Waals surface area contributed by atoms with Crippen molar-refractivity contribution in [3.63, 3.8) is 0 Å². The van der Waals surface area contributed by atoms with Gasteiger partial charge < -0.3 is 23.7 Å². The Morgan fingerprint density at radius 2 is 1.50 bits per heavy atom. The number of rotatable bonds is 8. The first-order valence-corrected chi connectivity index (χ1v) is 10.1. The van der Waals surface area contributed by atoms with E-state index in [0.29, 0.717) is 36.0 Å². The molecule has 1 aliphatic rings. The van der Waals surface area contributed by atoms with E-state index in [-0.39, 0.29) is 30.1 Å². The molecule has 1 heterocycles. The predicted octanol–water partition coefficient (Wildman–Crippen LogP) is 3.93. The normalized spacial score (nSPS) is 12.0. The quantitative estimate of drug-likeness (QED) is 0.302. The molecule has 164 valence electrons. The van der Waals surface area contributed by atoms with Crippen LogP contribution in [0.4, 0.5) is 0 Å². The maximum Gasteiger partial charge on any atom is 0.339 e. The summed E-state index contributed by atoms with van der Waals surface area (Å²) in [5, 5.41) is 0. The lowest BCUT2D eigenvalue weighted by molar-refractivity contribution is 0.0448. The highest BCUT2D eigenvalue weighted by atomic mass is 16.6. The molecule has 0 unspecified atom stereocenters. The topological polar surface area (TPSA) is 80.3 Å². The van der Waals surface area contributed by atoms with Crippen LogP contribution in [0.5, 0.6) is 23.0 Å². The summed E-state index contributed by atoms with van der Waals surface area (Å²) >= 11 is 0. The number of benzene rings is 3. The lowest BCUT2D eigenvalue weighted by Gasteiger charge is -2.18. The third kappa shape index (κ3) is 4.83. The molecule has 0 saturated carbocycles. The molecule has 3 aromatic carbocycles. The van der Waals surface area contributed by atoms with Crippen LogP contribution in [0.2, 0.25) is 0 Å². The number of ether oxygens (including phenoxy) is 5. The zero-order valence-electron chi connectivity index (χ0n) is 17.5. The molecule has 7 heteroatoms. The van der Waals surface area contributed by atoms with Crippen molar-refractivity contribution in [1.82, 2.24) is 0 Å². The Balaban J connectivity index is 1.40. The van der Waals surface area contributed by atoms with Crippen LogP contribution in [-0.2, 0) is 4.74 Å². The van der Waals surface area contributed by atoms with Gasteiger partial charge in [-0.05, 0) is 48.5 Å². The second-order valence-electron chi connectivity index (χ2n) is 6.89. The van der Waals surface area contributed by atoms with Gasteiger partial charge in [-0.15, -0.1) is 0 Å². The van der Waals surface area contributed by atoms with Gasteiger partial charge in [0.25, 0.3) is 0 Å². The van der Waals surface area contributed by atoms with E-state index < -0.39 is 5.97 Å². The Morgan fingerprint density at radius 3 is 2.25 bits per heavy atom. The molecule has 32 heavy (non-hydrogen) atoms. The van der Waals surface area contributed by atoms with Crippen LogP contribution in [0, 0.1) is 0 Å². The summed E-state index contributed by atoms with van der Waals surface area (Å²) in [4.78, 5) is 25.7. The Hall–Kier alpha value is -4.00. The number of methoxy groups -OCH3 is 1. The maximum atomic E-state index is 13.1. The Morgan fingerprint density at radius 1 is 0.812 bits per heavy atom. The number of hydrogen-bond acceptors (Lipinski definition) is 7. The molecule has 7 nitrogen and oxygen atoms in total. The minimum atomic E-state index is -0.593. The van der Waals surface area contributed by atoms with Crippen molar-refractivity contribution < 1.29 is 33.3 Å². The third-order valence-corrected chi connectivity index (χ3v) is 4.84. The molecular formula is C25H22O7. The summed E-state index contributed by atoms with van der Waals surface area (Å²) in [6, 6.07) is 18.6. The molecule has 0 saturated heterocycles. The fraction of sp³-hybridized carbons (Fsp3) is 0.200. The molecule has 0 atom stereocenters. The van der Waals surface area contributed by atoms with Crippen LogP contribution in [0.15, 0.2) is 66.7 Å². The van der Waals surface area contributed by atoms with Crippen LogP contribution in [0.1, 0.15) is 26.3 Å². The van der Waals surface area contributed by atoms with Crippen LogP contribution in [-0.4, -0.2) is 45.3 Å². The lowest BCUT2D eigenvalue weighted by Crippen LogP contribution is -2.17. The summed E-state index contributed by atoms with van der Waals surface area (Å²) < 4.78 is 27.0. The van der Waals surface area contributed by atoms with Gasteiger partial charge in [-0.2, -0.15) is 0 Å². The number of fused-ring (bicyclic) bond motifs is 1. The van der Waals surface area contributed by atoms with Gasteiger partial charge in [0.1, 0.15) is 37.9 Å². The number of esters is 1. The van der Waals surface area contributed by atoms with Gasteiger partial charge in [0.2, 0.25) is 0 Å². The first kappa shape index (κ1) is 21.2. The number of carbonyl (C=O) groups is 2. The van der Waals surface area contributed by atoms with Crippen LogP contribution < -0.4 is 18.9 Å². The smallest absolute Gasteiger partial charge is 0.339 e. The van der Waals surface area contributed by atoms with Gasteiger partial charge >= 0.3 is 5.97 Å². The van der Waals surface area contributed by atoms with E-state index in [2.05, 4.69) is 0 Å².